The summed E-state index contributed by atoms with van der Waals surface area (Å²) in [7, 11) is 0. The van der Waals surface area contributed by atoms with Gasteiger partial charge in [-0.05, 0) is 35.2 Å². The van der Waals surface area contributed by atoms with Gasteiger partial charge in [0.15, 0.2) is 0 Å². The van der Waals surface area contributed by atoms with E-state index in [2.05, 4.69) is 24.4 Å². The second-order valence-corrected chi connectivity index (χ2v) is 5.62. The average Bonchev–Trinajstić information content (AvgIpc) is 2.50. The molecule has 2 aromatic carbocycles. The van der Waals surface area contributed by atoms with Crippen LogP contribution in [0, 0.1) is 0 Å². The quantitative estimate of drug-likeness (QED) is 0.663. The molecule has 0 saturated carbocycles. The molecule has 0 heterocycles. The van der Waals surface area contributed by atoms with Crippen LogP contribution >= 0.6 is 11.6 Å². The summed E-state index contributed by atoms with van der Waals surface area (Å²) in [5.41, 5.74) is 4.56. The van der Waals surface area contributed by atoms with Crippen molar-refractivity contribution in [2.75, 3.05) is 0 Å². The predicted molar refractivity (Wildman–Crippen MR) is 88.7 cm³/mol. The number of phenolic OH excluding ortho intramolecular Hbond substituents is 1. The number of rotatable bonds is 4. The van der Waals surface area contributed by atoms with Crippen molar-refractivity contribution in [3.05, 3.63) is 64.2 Å². The number of aromatic hydroxyl groups is 1. The molecule has 0 aromatic heterocycles. The standard InChI is InChI=1S/C17H17ClN2O2/c1-11(2)13-5-3-12(4-6-13)10-19-20-17(22)15-9-14(18)7-8-16(15)21/h3-11,21H,1-2H3,(H,20,22). The maximum absolute atomic E-state index is 11.9. The summed E-state index contributed by atoms with van der Waals surface area (Å²) in [6, 6.07) is 12.2. The van der Waals surface area contributed by atoms with Crippen molar-refractivity contribution in [2.45, 2.75) is 19.8 Å². The first kappa shape index (κ1) is 16.0. The molecule has 0 atom stereocenters. The van der Waals surface area contributed by atoms with Crippen LogP contribution in [-0.4, -0.2) is 17.2 Å². The Morgan fingerprint density at radius 2 is 1.91 bits per heavy atom. The number of hydrogen-bond acceptors (Lipinski definition) is 3. The fraction of sp³-hybridized carbons (Fsp3) is 0.176. The molecule has 0 aliphatic heterocycles. The van der Waals surface area contributed by atoms with E-state index in [1.165, 1.54) is 23.8 Å². The molecule has 4 nitrogen and oxygen atoms in total. The first-order valence-electron chi connectivity index (χ1n) is 6.89. The lowest BCUT2D eigenvalue weighted by atomic mass is 10.0. The van der Waals surface area contributed by atoms with Crippen molar-refractivity contribution in [3.8, 4) is 5.75 Å². The number of phenols is 1. The third kappa shape index (κ3) is 4.09. The van der Waals surface area contributed by atoms with Gasteiger partial charge >= 0.3 is 0 Å². The second-order valence-electron chi connectivity index (χ2n) is 5.18. The Kier molecular flexibility index (Phi) is 5.17. The first-order chi connectivity index (χ1) is 10.5. The number of nitrogens with zero attached hydrogens (tertiary/aromatic N) is 1. The molecular weight excluding hydrogens is 300 g/mol. The van der Waals surface area contributed by atoms with Crippen LogP contribution in [0.1, 0.15) is 41.3 Å². The Labute approximate surface area is 134 Å². The minimum absolute atomic E-state index is 0.0832. The highest BCUT2D eigenvalue weighted by Crippen LogP contribution is 2.21. The van der Waals surface area contributed by atoms with E-state index < -0.39 is 5.91 Å². The Morgan fingerprint density at radius 1 is 1.23 bits per heavy atom. The summed E-state index contributed by atoms with van der Waals surface area (Å²) in [6.45, 7) is 4.25. The van der Waals surface area contributed by atoms with Crippen LogP contribution in [0.4, 0.5) is 0 Å². The topological polar surface area (TPSA) is 61.7 Å². The number of benzene rings is 2. The van der Waals surface area contributed by atoms with E-state index in [0.717, 1.165) is 5.56 Å². The fourth-order valence-corrected chi connectivity index (χ4v) is 2.05. The number of carbonyl (C=O) groups excluding carboxylic acids is 1. The third-order valence-electron chi connectivity index (χ3n) is 3.19. The van der Waals surface area contributed by atoms with Crippen molar-refractivity contribution in [2.24, 2.45) is 5.10 Å². The van der Waals surface area contributed by atoms with Crippen molar-refractivity contribution >= 4 is 23.7 Å². The summed E-state index contributed by atoms with van der Waals surface area (Å²) in [5, 5.41) is 13.9. The van der Waals surface area contributed by atoms with E-state index in [9.17, 15) is 9.90 Å². The lowest BCUT2D eigenvalue weighted by molar-refractivity contribution is 0.0952. The molecule has 2 N–H and O–H groups in total. The lowest BCUT2D eigenvalue weighted by Crippen LogP contribution is -2.17. The summed E-state index contributed by atoms with van der Waals surface area (Å²) in [6.07, 6.45) is 1.55. The van der Waals surface area contributed by atoms with Crippen LogP contribution in [0.15, 0.2) is 47.6 Å². The van der Waals surface area contributed by atoms with Crippen LogP contribution in [0.5, 0.6) is 5.75 Å². The minimum atomic E-state index is -0.518. The molecule has 0 fully saturated rings. The largest absolute Gasteiger partial charge is 0.507 e. The zero-order chi connectivity index (χ0) is 16.1. The first-order valence-corrected chi connectivity index (χ1v) is 7.27. The van der Waals surface area contributed by atoms with Crippen LogP contribution in [-0.2, 0) is 0 Å². The molecule has 0 aliphatic rings. The van der Waals surface area contributed by atoms with Crippen LogP contribution in [0.3, 0.4) is 0 Å². The second kappa shape index (κ2) is 7.09. The maximum atomic E-state index is 11.9. The van der Waals surface area contributed by atoms with Gasteiger partial charge in [0.1, 0.15) is 5.75 Å². The van der Waals surface area contributed by atoms with Gasteiger partial charge in [-0.1, -0.05) is 49.7 Å². The Bertz CT molecular complexity index is 694. The van der Waals surface area contributed by atoms with Gasteiger partial charge in [-0.2, -0.15) is 5.10 Å². The van der Waals surface area contributed by atoms with Gasteiger partial charge in [-0.15, -0.1) is 0 Å². The Hall–Kier alpha value is -2.33. The third-order valence-corrected chi connectivity index (χ3v) is 3.42. The van der Waals surface area contributed by atoms with Gasteiger partial charge in [0, 0.05) is 5.02 Å². The number of amides is 1. The van der Waals surface area contributed by atoms with Crippen LogP contribution < -0.4 is 5.43 Å². The fourth-order valence-electron chi connectivity index (χ4n) is 1.88. The van der Waals surface area contributed by atoms with Crippen molar-refractivity contribution in [1.82, 2.24) is 5.43 Å². The maximum Gasteiger partial charge on any atom is 0.275 e. The van der Waals surface area contributed by atoms with Crippen molar-refractivity contribution in [1.29, 1.82) is 0 Å². The van der Waals surface area contributed by atoms with Gasteiger partial charge in [0.05, 0.1) is 11.8 Å². The molecule has 0 saturated heterocycles. The highest BCUT2D eigenvalue weighted by molar-refractivity contribution is 6.31. The molecule has 114 valence electrons. The van der Waals surface area contributed by atoms with Gasteiger partial charge < -0.3 is 5.11 Å². The van der Waals surface area contributed by atoms with E-state index in [1.807, 2.05) is 24.3 Å². The van der Waals surface area contributed by atoms with Crippen molar-refractivity contribution in [3.63, 3.8) is 0 Å². The zero-order valence-electron chi connectivity index (χ0n) is 12.4. The molecule has 0 radical (unpaired) electrons. The molecule has 0 spiro atoms. The van der Waals surface area contributed by atoms with E-state index in [1.54, 1.807) is 6.21 Å². The number of hydrogen-bond donors (Lipinski definition) is 2. The van der Waals surface area contributed by atoms with Crippen molar-refractivity contribution < 1.29 is 9.90 Å². The summed E-state index contributed by atoms with van der Waals surface area (Å²) in [4.78, 5) is 11.9. The molecular formula is C17H17ClN2O2. The minimum Gasteiger partial charge on any atom is -0.507 e. The molecule has 0 aliphatic carbocycles. The SMILES string of the molecule is CC(C)c1ccc(C=NNC(=O)c2cc(Cl)ccc2O)cc1. The molecule has 2 aromatic rings. The molecule has 0 bridgehead atoms. The molecule has 22 heavy (non-hydrogen) atoms. The van der Waals surface area contributed by atoms with Crippen LogP contribution in [0.25, 0.3) is 0 Å². The smallest absolute Gasteiger partial charge is 0.275 e. The molecule has 0 unspecified atom stereocenters. The van der Waals surface area contributed by atoms with E-state index in [4.69, 9.17) is 11.6 Å². The van der Waals surface area contributed by atoms with Gasteiger partial charge in [-0.3, -0.25) is 4.79 Å². The van der Waals surface area contributed by atoms with E-state index in [-0.39, 0.29) is 11.3 Å². The summed E-state index contributed by atoms with van der Waals surface area (Å²) >= 11 is 5.80. The number of nitrogens with one attached hydrogen (secondary N) is 1. The Morgan fingerprint density at radius 3 is 2.55 bits per heavy atom. The highest BCUT2D eigenvalue weighted by Gasteiger charge is 2.10. The highest BCUT2D eigenvalue weighted by atomic mass is 35.5. The van der Waals surface area contributed by atoms with Crippen LogP contribution in [0.2, 0.25) is 5.02 Å². The summed E-state index contributed by atoms with van der Waals surface area (Å²) in [5.74, 6) is -0.190. The average molecular weight is 317 g/mol. The number of hydrazone groups is 1. The molecule has 1 amide bonds. The van der Waals surface area contributed by atoms with Gasteiger partial charge in [-0.25, -0.2) is 5.43 Å². The number of carbonyl (C=O) groups is 1. The molecule has 5 heteroatoms. The zero-order valence-corrected chi connectivity index (χ0v) is 13.1. The lowest BCUT2D eigenvalue weighted by Gasteiger charge is -2.05. The monoisotopic (exact) mass is 316 g/mol. The van der Waals surface area contributed by atoms with E-state index >= 15 is 0 Å². The summed E-state index contributed by atoms with van der Waals surface area (Å²) < 4.78 is 0. The van der Waals surface area contributed by atoms with E-state index in [0.29, 0.717) is 10.9 Å². The normalized spacial score (nSPS) is 11.1. The van der Waals surface area contributed by atoms with Gasteiger partial charge in [0.2, 0.25) is 0 Å². The van der Waals surface area contributed by atoms with Gasteiger partial charge in [0.25, 0.3) is 5.91 Å². The molecule has 2 rings (SSSR count). The predicted octanol–water partition coefficient (Wildman–Crippen LogP) is 3.93. The number of halogens is 1. The Balaban J connectivity index is 2.02.